The van der Waals surface area contributed by atoms with Crippen molar-refractivity contribution in [2.75, 3.05) is 19.1 Å². The zero-order valence-electron chi connectivity index (χ0n) is 11.9. The maximum Gasteiger partial charge on any atom is 0.312 e. The molecule has 1 aromatic heterocycles. The fourth-order valence-corrected chi connectivity index (χ4v) is 3.65. The fourth-order valence-electron chi connectivity index (χ4n) is 2.53. The minimum absolute atomic E-state index is 0.455. The maximum absolute atomic E-state index is 11.2. The first-order valence-electron chi connectivity index (χ1n) is 6.70. The van der Waals surface area contributed by atoms with Gasteiger partial charge in [0.05, 0.1) is 12.8 Å². The monoisotopic (exact) mass is 304 g/mol. The molecule has 0 bridgehead atoms. The van der Waals surface area contributed by atoms with Crippen molar-refractivity contribution in [3.63, 3.8) is 0 Å². The van der Waals surface area contributed by atoms with Crippen molar-refractivity contribution < 1.29 is 14.6 Å². The Morgan fingerprint density at radius 2 is 2.33 bits per heavy atom. The van der Waals surface area contributed by atoms with Gasteiger partial charge in [-0.25, -0.2) is 4.98 Å². The number of anilines is 2. The van der Waals surface area contributed by atoms with E-state index in [9.17, 15) is 9.90 Å². The first-order chi connectivity index (χ1) is 10.1. The predicted octanol–water partition coefficient (Wildman–Crippen LogP) is 3.03. The number of carboxylic acids is 1. The number of ether oxygens (including phenoxy) is 1. The highest BCUT2D eigenvalue weighted by atomic mass is 32.1. The summed E-state index contributed by atoms with van der Waals surface area (Å²) in [4.78, 5) is 18.8. The van der Waals surface area contributed by atoms with Crippen LogP contribution in [0.4, 0.5) is 10.8 Å². The van der Waals surface area contributed by atoms with Crippen molar-refractivity contribution in [2.45, 2.75) is 18.8 Å². The predicted molar refractivity (Wildman–Crippen MR) is 81.9 cm³/mol. The number of carbonyl (C=O) groups is 1. The molecule has 0 spiro atoms. The minimum Gasteiger partial charge on any atom is -0.497 e. The van der Waals surface area contributed by atoms with E-state index in [0.717, 1.165) is 33.6 Å². The van der Waals surface area contributed by atoms with E-state index in [0.29, 0.717) is 6.42 Å². The van der Waals surface area contributed by atoms with Crippen LogP contribution in [0.5, 0.6) is 5.75 Å². The summed E-state index contributed by atoms with van der Waals surface area (Å²) < 4.78 is 5.23. The quantitative estimate of drug-likeness (QED) is 0.940. The molecule has 0 radical (unpaired) electrons. The van der Waals surface area contributed by atoms with E-state index in [-0.39, 0.29) is 0 Å². The topological polar surface area (TPSA) is 62.7 Å². The summed E-state index contributed by atoms with van der Waals surface area (Å²) >= 11 is 1.57. The molecule has 110 valence electrons. The van der Waals surface area contributed by atoms with Crippen molar-refractivity contribution in [2.24, 2.45) is 0 Å². The second kappa shape index (κ2) is 5.37. The lowest BCUT2D eigenvalue weighted by atomic mass is 10.1. The van der Waals surface area contributed by atoms with Gasteiger partial charge < -0.3 is 14.7 Å². The standard InChI is InChI=1S/C15H16N2O3S/c1-17(9-4-3-5-10(8-9)20-2)15-16-13-11(14(18)19)6-7-12(13)21-15/h3-5,8,11H,6-7H2,1-2H3,(H,18,19). The minimum atomic E-state index is -0.783. The first-order valence-corrected chi connectivity index (χ1v) is 7.52. The molecule has 1 unspecified atom stereocenters. The molecule has 1 aliphatic rings. The van der Waals surface area contributed by atoms with Gasteiger partial charge in [0.25, 0.3) is 0 Å². The molecule has 1 aromatic carbocycles. The summed E-state index contributed by atoms with van der Waals surface area (Å²) in [5.41, 5.74) is 1.70. The van der Waals surface area contributed by atoms with Gasteiger partial charge in [-0.3, -0.25) is 4.79 Å². The number of benzene rings is 1. The van der Waals surface area contributed by atoms with Crippen LogP contribution in [-0.2, 0) is 11.2 Å². The number of nitrogens with zero attached hydrogens (tertiary/aromatic N) is 2. The number of methoxy groups -OCH3 is 1. The van der Waals surface area contributed by atoms with E-state index in [4.69, 9.17) is 4.74 Å². The van der Waals surface area contributed by atoms with Crippen molar-refractivity contribution in [1.29, 1.82) is 0 Å². The average molecular weight is 304 g/mol. The molecular formula is C15H16N2O3S. The Bertz CT molecular complexity index is 683. The van der Waals surface area contributed by atoms with E-state index in [1.807, 2.05) is 36.2 Å². The largest absolute Gasteiger partial charge is 0.497 e. The summed E-state index contributed by atoms with van der Waals surface area (Å²) in [7, 11) is 3.56. The van der Waals surface area contributed by atoms with Crippen molar-refractivity contribution >= 4 is 28.1 Å². The summed E-state index contributed by atoms with van der Waals surface area (Å²) in [6.45, 7) is 0. The van der Waals surface area contributed by atoms with E-state index in [2.05, 4.69) is 4.98 Å². The maximum atomic E-state index is 11.2. The fraction of sp³-hybridized carbons (Fsp3) is 0.333. The molecule has 1 aliphatic carbocycles. The average Bonchev–Trinajstić information content (AvgIpc) is 3.06. The number of hydrogen-bond acceptors (Lipinski definition) is 5. The van der Waals surface area contributed by atoms with E-state index in [1.165, 1.54) is 0 Å². The molecule has 1 N–H and O–H groups in total. The molecule has 0 saturated heterocycles. The number of aryl methyl sites for hydroxylation is 1. The van der Waals surface area contributed by atoms with Crippen molar-refractivity contribution in [3.05, 3.63) is 34.8 Å². The van der Waals surface area contributed by atoms with Crippen LogP contribution in [0.25, 0.3) is 0 Å². The molecule has 21 heavy (non-hydrogen) atoms. The van der Waals surface area contributed by atoms with Gasteiger partial charge in [0.15, 0.2) is 5.13 Å². The van der Waals surface area contributed by atoms with Crippen LogP contribution in [0.2, 0.25) is 0 Å². The summed E-state index contributed by atoms with van der Waals surface area (Å²) in [5.74, 6) is -0.454. The third kappa shape index (κ3) is 2.47. The lowest BCUT2D eigenvalue weighted by molar-refractivity contribution is -0.138. The van der Waals surface area contributed by atoms with Gasteiger partial charge >= 0.3 is 5.97 Å². The molecule has 1 heterocycles. The van der Waals surface area contributed by atoms with Gasteiger partial charge in [0.2, 0.25) is 0 Å². The zero-order valence-corrected chi connectivity index (χ0v) is 12.7. The highest BCUT2D eigenvalue weighted by Crippen LogP contribution is 2.41. The summed E-state index contributed by atoms with van der Waals surface area (Å²) in [5, 5.41) is 10.0. The zero-order chi connectivity index (χ0) is 15.0. The Hall–Kier alpha value is -2.08. The number of aliphatic carboxylic acids is 1. The van der Waals surface area contributed by atoms with Gasteiger partial charge in [-0.1, -0.05) is 6.07 Å². The first kappa shape index (κ1) is 13.9. The molecule has 0 fully saturated rings. The number of rotatable bonds is 4. The number of carboxylic acid groups (broad SMARTS) is 1. The van der Waals surface area contributed by atoms with Crippen LogP contribution in [0.15, 0.2) is 24.3 Å². The van der Waals surface area contributed by atoms with Crippen LogP contribution in [0, 0.1) is 0 Å². The smallest absolute Gasteiger partial charge is 0.312 e. The molecule has 3 rings (SSSR count). The van der Waals surface area contributed by atoms with Crippen LogP contribution in [0.1, 0.15) is 22.9 Å². The number of fused-ring (bicyclic) bond motifs is 1. The number of aromatic nitrogens is 1. The van der Waals surface area contributed by atoms with Gasteiger partial charge in [-0.15, -0.1) is 11.3 Å². The molecule has 0 amide bonds. The highest BCUT2D eigenvalue weighted by Gasteiger charge is 2.33. The van der Waals surface area contributed by atoms with Gasteiger partial charge in [0, 0.05) is 23.7 Å². The Kier molecular flexibility index (Phi) is 3.55. The van der Waals surface area contributed by atoms with Gasteiger partial charge in [0.1, 0.15) is 11.7 Å². The van der Waals surface area contributed by atoms with Crippen LogP contribution >= 0.6 is 11.3 Å². The Morgan fingerprint density at radius 3 is 3.05 bits per heavy atom. The van der Waals surface area contributed by atoms with Crippen LogP contribution in [-0.4, -0.2) is 30.2 Å². The molecule has 0 aliphatic heterocycles. The Labute approximate surface area is 126 Å². The third-order valence-corrected chi connectivity index (χ3v) is 4.94. The highest BCUT2D eigenvalue weighted by molar-refractivity contribution is 7.15. The molecule has 0 saturated carbocycles. The van der Waals surface area contributed by atoms with E-state index < -0.39 is 11.9 Å². The molecule has 5 nitrogen and oxygen atoms in total. The summed E-state index contributed by atoms with van der Waals surface area (Å²) in [6, 6.07) is 7.72. The normalized spacial score (nSPS) is 16.6. The Balaban J connectivity index is 1.91. The van der Waals surface area contributed by atoms with Crippen LogP contribution < -0.4 is 9.64 Å². The summed E-state index contributed by atoms with van der Waals surface area (Å²) in [6.07, 6.45) is 1.46. The number of thiazole rings is 1. The molecule has 6 heteroatoms. The Morgan fingerprint density at radius 1 is 1.52 bits per heavy atom. The molecular weight excluding hydrogens is 288 g/mol. The van der Waals surface area contributed by atoms with E-state index in [1.54, 1.807) is 18.4 Å². The van der Waals surface area contributed by atoms with Gasteiger partial charge in [-0.2, -0.15) is 0 Å². The SMILES string of the molecule is COc1cccc(N(C)c2nc3c(s2)CCC3C(=O)O)c1. The second-order valence-corrected chi connectivity index (χ2v) is 6.06. The van der Waals surface area contributed by atoms with Crippen molar-refractivity contribution in [1.82, 2.24) is 4.98 Å². The van der Waals surface area contributed by atoms with Gasteiger partial charge in [-0.05, 0) is 25.0 Å². The molecule has 2 aromatic rings. The van der Waals surface area contributed by atoms with Crippen molar-refractivity contribution in [3.8, 4) is 5.75 Å². The lowest BCUT2D eigenvalue weighted by Crippen LogP contribution is -2.12. The third-order valence-electron chi connectivity index (χ3n) is 3.73. The van der Waals surface area contributed by atoms with E-state index >= 15 is 0 Å². The second-order valence-electron chi connectivity index (χ2n) is 4.99. The number of hydrogen-bond donors (Lipinski definition) is 1. The molecule has 1 atom stereocenters. The lowest BCUT2D eigenvalue weighted by Gasteiger charge is -2.16. The van der Waals surface area contributed by atoms with Crippen LogP contribution in [0.3, 0.4) is 0 Å².